The first-order chi connectivity index (χ1) is 10.7. The molecule has 0 amide bonds. The molecule has 1 saturated heterocycles. The van der Waals surface area contributed by atoms with Crippen LogP contribution in [0.5, 0.6) is 5.75 Å². The number of benzene rings is 1. The molecule has 1 atom stereocenters. The van der Waals surface area contributed by atoms with Crippen LogP contribution in [0.2, 0.25) is 0 Å². The summed E-state index contributed by atoms with van der Waals surface area (Å²) >= 11 is 0. The quantitative estimate of drug-likeness (QED) is 0.918. The normalized spacial score (nSPS) is 18.5. The summed E-state index contributed by atoms with van der Waals surface area (Å²) in [5.74, 6) is -0.697. The van der Waals surface area contributed by atoms with Crippen LogP contribution in [-0.2, 0) is 6.61 Å². The average Bonchev–Trinajstić information content (AvgIpc) is 3.11. The van der Waals surface area contributed by atoms with Crippen LogP contribution in [0.3, 0.4) is 0 Å². The number of carboxylic acids is 1. The Morgan fingerprint density at radius 3 is 2.82 bits per heavy atom. The van der Waals surface area contributed by atoms with Crippen molar-refractivity contribution in [2.45, 2.75) is 25.6 Å². The van der Waals surface area contributed by atoms with E-state index in [1.54, 1.807) is 4.68 Å². The van der Waals surface area contributed by atoms with Crippen LogP contribution in [0, 0.1) is 0 Å². The number of carbonyl (C=O) groups is 1. The Labute approximate surface area is 128 Å². The number of likely N-dealkylation sites (tertiary alicyclic amines) is 1. The second-order valence-corrected chi connectivity index (χ2v) is 5.48. The van der Waals surface area contributed by atoms with E-state index in [4.69, 9.17) is 4.74 Å². The van der Waals surface area contributed by atoms with Crippen molar-refractivity contribution in [3.05, 3.63) is 47.8 Å². The van der Waals surface area contributed by atoms with E-state index in [1.165, 1.54) is 6.20 Å². The predicted octanol–water partition coefficient (Wildman–Crippen LogP) is 2.38. The maximum atomic E-state index is 11.6. The average molecular weight is 301 g/mol. The molecule has 2 heterocycles. The monoisotopic (exact) mass is 301 g/mol. The summed E-state index contributed by atoms with van der Waals surface area (Å²) < 4.78 is 7.24. The van der Waals surface area contributed by atoms with Crippen LogP contribution in [0.15, 0.2) is 36.5 Å². The fraction of sp³-hybridized carbons (Fsp3) is 0.375. The fourth-order valence-electron chi connectivity index (χ4n) is 2.82. The molecule has 1 aromatic heterocycles. The van der Waals surface area contributed by atoms with Crippen molar-refractivity contribution in [3.63, 3.8) is 0 Å². The van der Waals surface area contributed by atoms with Gasteiger partial charge in [0.05, 0.1) is 6.20 Å². The Balaban J connectivity index is 1.82. The van der Waals surface area contributed by atoms with Crippen LogP contribution >= 0.6 is 0 Å². The summed E-state index contributed by atoms with van der Waals surface area (Å²) in [5, 5.41) is 13.8. The highest BCUT2D eigenvalue weighted by Crippen LogP contribution is 2.29. The first kappa shape index (κ1) is 14.6. The van der Waals surface area contributed by atoms with Gasteiger partial charge in [0.15, 0.2) is 11.4 Å². The molecule has 1 aliphatic heterocycles. The molecule has 1 unspecified atom stereocenters. The highest BCUT2D eigenvalue weighted by atomic mass is 16.5. The Morgan fingerprint density at radius 2 is 2.18 bits per heavy atom. The minimum absolute atomic E-state index is 0.0137. The molecule has 0 bridgehead atoms. The molecular weight excluding hydrogens is 282 g/mol. The molecule has 3 rings (SSSR count). The number of nitrogens with zero attached hydrogens (tertiary/aromatic N) is 3. The zero-order valence-corrected chi connectivity index (χ0v) is 12.5. The highest BCUT2D eigenvalue weighted by molar-refractivity contribution is 5.88. The fourth-order valence-corrected chi connectivity index (χ4v) is 2.82. The third kappa shape index (κ3) is 2.82. The Hall–Kier alpha value is -2.34. The summed E-state index contributed by atoms with van der Waals surface area (Å²) in [7, 11) is 1.98. The van der Waals surface area contributed by atoms with Crippen molar-refractivity contribution >= 4 is 5.97 Å². The number of rotatable bonds is 5. The van der Waals surface area contributed by atoms with Gasteiger partial charge in [-0.05, 0) is 32.0 Å². The van der Waals surface area contributed by atoms with Gasteiger partial charge in [-0.25, -0.2) is 9.48 Å². The molecule has 0 saturated carbocycles. The topological polar surface area (TPSA) is 67.6 Å². The molecule has 6 nitrogen and oxygen atoms in total. The molecule has 0 spiro atoms. The number of aromatic carboxylic acids is 1. The molecule has 0 radical (unpaired) electrons. The summed E-state index contributed by atoms with van der Waals surface area (Å²) in [5.41, 5.74) is 1.11. The first-order valence-electron chi connectivity index (χ1n) is 7.34. The molecule has 116 valence electrons. The van der Waals surface area contributed by atoms with Gasteiger partial charge in [-0.15, -0.1) is 0 Å². The zero-order chi connectivity index (χ0) is 15.5. The van der Waals surface area contributed by atoms with E-state index in [2.05, 4.69) is 10.00 Å². The van der Waals surface area contributed by atoms with Gasteiger partial charge >= 0.3 is 5.97 Å². The minimum Gasteiger partial charge on any atom is -0.485 e. The van der Waals surface area contributed by atoms with Gasteiger partial charge in [0.2, 0.25) is 0 Å². The van der Waals surface area contributed by atoms with Crippen molar-refractivity contribution in [1.82, 2.24) is 14.7 Å². The standard InChI is InChI=1S/C16H19N3O3/c1-18-9-5-8-14(18)19-15(16(20)21)13(10-17-19)22-11-12-6-3-2-4-7-12/h2-4,6-7,10,14H,5,8-9,11H2,1H3,(H,20,21). The molecule has 0 aliphatic carbocycles. The molecule has 1 fully saturated rings. The molecule has 1 N–H and O–H groups in total. The van der Waals surface area contributed by atoms with Gasteiger partial charge in [-0.3, -0.25) is 4.90 Å². The summed E-state index contributed by atoms with van der Waals surface area (Å²) in [4.78, 5) is 13.7. The lowest BCUT2D eigenvalue weighted by molar-refractivity contribution is 0.0665. The minimum atomic E-state index is -1.01. The maximum absolute atomic E-state index is 11.6. The van der Waals surface area contributed by atoms with Crippen molar-refractivity contribution < 1.29 is 14.6 Å². The Kier molecular flexibility index (Phi) is 4.11. The number of hydrogen-bond acceptors (Lipinski definition) is 4. The van der Waals surface area contributed by atoms with Crippen LogP contribution in [0.1, 0.15) is 35.1 Å². The lowest BCUT2D eigenvalue weighted by atomic mass is 10.2. The van der Waals surface area contributed by atoms with Crippen molar-refractivity contribution in [2.75, 3.05) is 13.6 Å². The van der Waals surface area contributed by atoms with Gasteiger partial charge < -0.3 is 9.84 Å². The number of ether oxygens (including phenoxy) is 1. The van der Waals surface area contributed by atoms with E-state index < -0.39 is 5.97 Å². The zero-order valence-electron chi connectivity index (χ0n) is 12.5. The molecular formula is C16H19N3O3. The lowest BCUT2D eigenvalue weighted by Crippen LogP contribution is -2.26. The lowest BCUT2D eigenvalue weighted by Gasteiger charge is -2.21. The van der Waals surface area contributed by atoms with Gasteiger partial charge in [0, 0.05) is 0 Å². The van der Waals surface area contributed by atoms with Crippen LogP contribution in [0.4, 0.5) is 0 Å². The molecule has 6 heteroatoms. The first-order valence-corrected chi connectivity index (χ1v) is 7.34. The molecule has 22 heavy (non-hydrogen) atoms. The Bertz CT molecular complexity index is 654. The number of aromatic nitrogens is 2. The highest BCUT2D eigenvalue weighted by Gasteiger charge is 2.29. The largest absolute Gasteiger partial charge is 0.485 e. The van der Waals surface area contributed by atoms with Gasteiger partial charge in [0.25, 0.3) is 0 Å². The Morgan fingerprint density at radius 1 is 1.41 bits per heavy atom. The predicted molar refractivity (Wildman–Crippen MR) is 80.9 cm³/mol. The number of hydrogen-bond donors (Lipinski definition) is 1. The molecule has 1 aliphatic rings. The summed E-state index contributed by atoms with van der Waals surface area (Å²) in [6.45, 7) is 1.27. The maximum Gasteiger partial charge on any atom is 0.358 e. The third-order valence-corrected chi connectivity index (χ3v) is 3.97. The van der Waals surface area contributed by atoms with Crippen LogP contribution < -0.4 is 4.74 Å². The third-order valence-electron chi connectivity index (χ3n) is 3.97. The van der Waals surface area contributed by atoms with E-state index in [-0.39, 0.29) is 11.9 Å². The van der Waals surface area contributed by atoms with E-state index in [9.17, 15) is 9.90 Å². The van der Waals surface area contributed by atoms with Gasteiger partial charge in [-0.2, -0.15) is 5.10 Å². The van der Waals surface area contributed by atoms with Crippen molar-refractivity contribution in [1.29, 1.82) is 0 Å². The van der Waals surface area contributed by atoms with Crippen molar-refractivity contribution in [3.8, 4) is 5.75 Å². The number of carboxylic acid groups (broad SMARTS) is 1. The summed E-state index contributed by atoms with van der Waals surface area (Å²) in [6.07, 6.45) is 3.43. The van der Waals surface area contributed by atoms with E-state index >= 15 is 0 Å². The van der Waals surface area contributed by atoms with Crippen molar-refractivity contribution in [2.24, 2.45) is 0 Å². The van der Waals surface area contributed by atoms with E-state index in [0.717, 1.165) is 24.9 Å². The smallest absolute Gasteiger partial charge is 0.358 e. The van der Waals surface area contributed by atoms with Gasteiger partial charge in [-0.1, -0.05) is 30.3 Å². The molecule has 2 aromatic rings. The van der Waals surface area contributed by atoms with Gasteiger partial charge in [0.1, 0.15) is 12.8 Å². The second kappa shape index (κ2) is 6.19. The van der Waals surface area contributed by atoms with Crippen LogP contribution in [-0.4, -0.2) is 39.3 Å². The second-order valence-electron chi connectivity index (χ2n) is 5.48. The molecule has 1 aromatic carbocycles. The summed E-state index contributed by atoms with van der Waals surface area (Å²) in [6, 6.07) is 9.66. The van der Waals surface area contributed by atoms with E-state index in [0.29, 0.717) is 12.4 Å². The SMILES string of the molecule is CN1CCCC1n1ncc(OCc2ccccc2)c1C(=O)O. The van der Waals surface area contributed by atoms with Crippen LogP contribution in [0.25, 0.3) is 0 Å². The van der Waals surface area contributed by atoms with E-state index in [1.807, 2.05) is 37.4 Å².